The second-order valence-corrected chi connectivity index (χ2v) is 8.09. The van der Waals surface area contributed by atoms with Crippen molar-refractivity contribution in [2.45, 2.75) is 57.8 Å². The van der Waals surface area contributed by atoms with Crippen molar-refractivity contribution in [1.29, 1.82) is 0 Å². The summed E-state index contributed by atoms with van der Waals surface area (Å²) >= 11 is 1.46. The van der Waals surface area contributed by atoms with Crippen molar-refractivity contribution in [2.24, 2.45) is 11.8 Å². The van der Waals surface area contributed by atoms with Crippen LogP contribution in [-0.4, -0.2) is 32.5 Å². The lowest BCUT2D eigenvalue weighted by molar-refractivity contribution is -0.120. The highest BCUT2D eigenvalue weighted by Crippen LogP contribution is 2.30. The van der Waals surface area contributed by atoms with Crippen LogP contribution in [0.2, 0.25) is 0 Å². The Morgan fingerprint density at radius 3 is 2.73 bits per heavy atom. The summed E-state index contributed by atoms with van der Waals surface area (Å²) in [6, 6.07) is 10.3. The zero-order chi connectivity index (χ0) is 18.5. The van der Waals surface area contributed by atoms with Gasteiger partial charge in [0.2, 0.25) is 5.91 Å². The minimum atomic E-state index is 0.0906. The van der Waals surface area contributed by atoms with Gasteiger partial charge >= 0.3 is 0 Å². The highest BCUT2D eigenvalue weighted by atomic mass is 32.2. The van der Waals surface area contributed by atoms with Crippen LogP contribution >= 0.6 is 11.8 Å². The van der Waals surface area contributed by atoms with Crippen LogP contribution in [0.1, 0.15) is 40.0 Å². The van der Waals surface area contributed by atoms with Crippen molar-refractivity contribution in [3.8, 4) is 11.4 Å². The Bertz CT molecular complexity index is 731. The molecule has 3 rings (SSSR count). The molecule has 0 radical (unpaired) electrons. The molecule has 1 saturated carbocycles. The van der Waals surface area contributed by atoms with Crippen LogP contribution in [0.4, 0.5) is 0 Å². The van der Waals surface area contributed by atoms with Gasteiger partial charge in [-0.1, -0.05) is 68.8 Å². The normalized spacial score (nSPS) is 23.0. The van der Waals surface area contributed by atoms with Crippen molar-refractivity contribution in [3.05, 3.63) is 30.3 Å². The summed E-state index contributed by atoms with van der Waals surface area (Å²) in [6.07, 6.45) is 3.56. The van der Waals surface area contributed by atoms with E-state index in [-0.39, 0.29) is 5.91 Å². The largest absolute Gasteiger partial charge is 0.352 e. The average molecular weight is 373 g/mol. The number of hydrogen-bond acceptors (Lipinski definition) is 4. The Hall–Kier alpha value is -1.82. The summed E-state index contributed by atoms with van der Waals surface area (Å²) in [5.41, 5.74) is 1.04. The van der Waals surface area contributed by atoms with E-state index >= 15 is 0 Å². The number of thioether (sulfide) groups is 1. The maximum absolute atomic E-state index is 12.4. The SMILES string of the molecule is CCn1c(SCC(=O)N[C@H]2CCC[C@@H](C)[C@@H]2C)nnc1-c1ccccc1. The quantitative estimate of drug-likeness (QED) is 0.779. The molecule has 5 nitrogen and oxygen atoms in total. The maximum atomic E-state index is 12.4. The van der Waals surface area contributed by atoms with Gasteiger partial charge in [0.05, 0.1) is 5.75 Å². The molecular weight excluding hydrogens is 344 g/mol. The number of carbonyl (C=O) groups excluding carboxylic acids is 1. The first-order valence-corrected chi connectivity index (χ1v) is 10.5. The summed E-state index contributed by atoms with van der Waals surface area (Å²) < 4.78 is 2.07. The van der Waals surface area contributed by atoms with E-state index in [4.69, 9.17) is 0 Å². The smallest absolute Gasteiger partial charge is 0.230 e. The molecule has 0 spiro atoms. The molecule has 1 heterocycles. The van der Waals surface area contributed by atoms with Gasteiger partial charge in [-0.25, -0.2) is 0 Å². The van der Waals surface area contributed by atoms with E-state index < -0.39 is 0 Å². The number of rotatable bonds is 6. The number of aromatic nitrogens is 3. The number of hydrogen-bond donors (Lipinski definition) is 1. The third-order valence-electron chi connectivity index (χ3n) is 5.45. The fourth-order valence-corrected chi connectivity index (χ4v) is 4.46. The Labute approximate surface area is 160 Å². The molecule has 26 heavy (non-hydrogen) atoms. The van der Waals surface area contributed by atoms with E-state index in [0.29, 0.717) is 23.6 Å². The molecule has 140 valence electrons. The monoisotopic (exact) mass is 372 g/mol. The van der Waals surface area contributed by atoms with Gasteiger partial charge in [0.15, 0.2) is 11.0 Å². The third-order valence-corrected chi connectivity index (χ3v) is 6.42. The van der Waals surface area contributed by atoms with Gasteiger partial charge in [-0.05, 0) is 25.2 Å². The van der Waals surface area contributed by atoms with Crippen LogP contribution in [0.3, 0.4) is 0 Å². The van der Waals surface area contributed by atoms with Gasteiger partial charge < -0.3 is 9.88 Å². The number of nitrogens with zero attached hydrogens (tertiary/aromatic N) is 3. The molecule has 3 atom stereocenters. The van der Waals surface area contributed by atoms with Crippen LogP contribution in [-0.2, 0) is 11.3 Å². The van der Waals surface area contributed by atoms with Gasteiger partial charge in [0.1, 0.15) is 0 Å². The zero-order valence-electron chi connectivity index (χ0n) is 15.8. The van der Waals surface area contributed by atoms with E-state index in [1.807, 2.05) is 30.3 Å². The van der Waals surface area contributed by atoms with E-state index in [1.54, 1.807) is 0 Å². The zero-order valence-corrected chi connectivity index (χ0v) is 16.6. The van der Waals surface area contributed by atoms with E-state index in [0.717, 1.165) is 29.5 Å². The first kappa shape index (κ1) is 19.0. The lowest BCUT2D eigenvalue weighted by Gasteiger charge is -2.34. The first-order valence-electron chi connectivity index (χ1n) is 9.51. The van der Waals surface area contributed by atoms with Crippen molar-refractivity contribution in [2.75, 3.05) is 5.75 Å². The highest BCUT2D eigenvalue weighted by molar-refractivity contribution is 7.99. The summed E-state index contributed by atoms with van der Waals surface area (Å²) in [5, 5.41) is 12.7. The third kappa shape index (κ3) is 4.29. The number of nitrogens with one attached hydrogen (secondary N) is 1. The average Bonchev–Trinajstić information content (AvgIpc) is 3.07. The molecule has 1 N–H and O–H groups in total. The lowest BCUT2D eigenvalue weighted by Crippen LogP contribution is -2.44. The van der Waals surface area contributed by atoms with Crippen molar-refractivity contribution in [1.82, 2.24) is 20.1 Å². The van der Waals surface area contributed by atoms with Crippen molar-refractivity contribution < 1.29 is 4.79 Å². The van der Waals surface area contributed by atoms with Crippen LogP contribution < -0.4 is 5.32 Å². The predicted molar refractivity (Wildman–Crippen MR) is 106 cm³/mol. The molecule has 6 heteroatoms. The summed E-state index contributed by atoms with van der Waals surface area (Å²) in [5.74, 6) is 2.54. The Morgan fingerprint density at radius 1 is 1.23 bits per heavy atom. The van der Waals surface area contributed by atoms with Gasteiger partial charge in [0, 0.05) is 18.2 Å². The van der Waals surface area contributed by atoms with Crippen LogP contribution in [0.5, 0.6) is 0 Å². The summed E-state index contributed by atoms with van der Waals surface area (Å²) in [7, 11) is 0. The Morgan fingerprint density at radius 2 is 2.00 bits per heavy atom. The number of benzene rings is 1. The number of carbonyl (C=O) groups is 1. The van der Waals surface area contributed by atoms with E-state index in [2.05, 4.69) is 40.9 Å². The predicted octanol–water partition coefficient (Wildman–Crippen LogP) is 4.00. The van der Waals surface area contributed by atoms with E-state index in [1.165, 1.54) is 24.6 Å². The van der Waals surface area contributed by atoms with Gasteiger partial charge in [-0.15, -0.1) is 10.2 Å². The molecule has 0 bridgehead atoms. The van der Waals surface area contributed by atoms with Crippen molar-refractivity contribution in [3.63, 3.8) is 0 Å². The molecule has 0 saturated heterocycles. The first-order chi connectivity index (χ1) is 12.6. The second kappa shape index (κ2) is 8.71. The molecule has 0 unspecified atom stereocenters. The molecule has 1 aromatic heterocycles. The summed E-state index contributed by atoms with van der Waals surface area (Å²) in [6.45, 7) is 7.39. The molecule has 1 aliphatic carbocycles. The van der Waals surface area contributed by atoms with Gasteiger partial charge in [-0.3, -0.25) is 4.79 Å². The highest BCUT2D eigenvalue weighted by Gasteiger charge is 2.28. The standard InChI is InChI=1S/C20H28N4OS/c1-4-24-19(16-10-6-5-7-11-16)22-23-20(24)26-13-18(25)21-17-12-8-9-14(2)15(17)3/h5-7,10-11,14-15,17H,4,8-9,12-13H2,1-3H3,(H,21,25)/t14-,15+,17+/m1/s1. The maximum Gasteiger partial charge on any atom is 0.230 e. The summed E-state index contributed by atoms with van der Waals surface area (Å²) in [4.78, 5) is 12.4. The molecule has 1 aliphatic rings. The number of amides is 1. The Kier molecular flexibility index (Phi) is 6.35. The molecule has 1 fully saturated rings. The Balaban J connectivity index is 1.61. The van der Waals surface area contributed by atoms with E-state index in [9.17, 15) is 4.79 Å². The molecule has 1 amide bonds. The van der Waals surface area contributed by atoms with Gasteiger partial charge in [0.25, 0.3) is 0 Å². The minimum Gasteiger partial charge on any atom is -0.352 e. The topological polar surface area (TPSA) is 59.8 Å². The van der Waals surface area contributed by atoms with Gasteiger partial charge in [-0.2, -0.15) is 0 Å². The fourth-order valence-electron chi connectivity index (χ4n) is 3.65. The minimum absolute atomic E-state index is 0.0906. The molecule has 2 aromatic rings. The molecule has 0 aliphatic heterocycles. The van der Waals surface area contributed by atoms with Crippen LogP contribution in [0.25, 0.3) is 11.4 Å². The van der Waals surface area contributed by atoms with Crippen molar-refractivity contribution >= 4 is 17.7 Å². The van der Waals surface area contributed by atoms with Crippen LogP contribution in [0, 0.1) is 11.8 Å². The molecular formula is C20H28N4OS. The van der Waals surface area contributed by atoms with Crippen LogP contribution in [0.15, 0.2) is 35.5 Å². The fraction of sp³-hybridized carbons (Fsp3) is 0.550. The lowest BCUT2D eigenvalue weighted by atomic mass is 9.78. The molecule has 1 aromatic carbocycles. The second-order valence-electron chi connectivity index (χ2n) is 7.15.